The number of piperidine rings is 1. The van der Waals surface area contributed by atoms with Gasteiger partial charge in [-0.05, 0) is 63.5 Å². The molecule has 1 unspecified atom stereocenters. The quantitative estimate of drug-likeness (QED) is 0.302. The Labute approximate surface area is 223 Å². The van der Waals surface area contributed by atoms with E-state index < -0.39 is 23.2 Å². The molecule has 0 amide bonds. The molecule has 1 atom stereocenters. The predicted octanol–water partition coefficient (Wildman–Crippen LogP) is 6.03. The van der Waals surface area contributed by atoms with E-state index in [1.165, 1.54) is 31.9 Å². The lowest BCUT2D eigenvalue weighted by molar-refractivity contribution is 0.126. The molecule has 1 aliphatic heterocycles. The number of methoxy groups -OCH3 is 1. The molecule has 37 heavy (non-hydrogen) atoms. The molecule has 0 aliphatic carbocycles. The van der Waals surface area contributed by atoms with E-state index in [4.69, 9.17) is 9.47 Å². The molecule has 0 spiro atoms. The first kappa shape index (κ1) is 32.9. The highest BCUT2D eigenvalue weighted by Gasteiger charge is 2.23. The van der Waals surface area contributed by atoms with Crippen LogP contribution in [0.5, 0.6) is 5.75 Å². The van der Waals surface area contributed by atoms with Gasteiger partial charge < -0.3 is 14.4 Å². The van der Waals surface area contributed by atoms with Crippen molar-refractivity contribution in [3.8, 4) is 5.75 Å². The maximum absolute atomic E-state index is 14.0. The van der Waals surface area contributed by atoms with Gasteiger partial charge in [-0.1, -0.05) is 51.1 Å². The van der Waals surface area contributed by atoms with Gasteiger partial charge in [-0.3, -0.25) is 10.2 Å². The summed E-state index contributed by atoms with van der Waals surface area (Å²) in [6, 6.07) is 11.3. The van der Waals surface area contributed by atoms with Crippen LogP contribution in [-0.4, -0.2) is 70.0 Å². The maximum Gasteiger partial charge on any atom is 0.203 e. The first-order valence-corrected chi connectivity index (χ1v) is 13.2. The van der Waals surface area contributed by atoms with E-state index in [1.807, 2.05) is 27.9 Å². The number of ether oxygens (including phenoxy) is 2. The average Bonchev–Trinajstić information content (AvgIpc) is 2.91. The van der Waals surface area contributed by atoms with Crippen molar-refractivity contribution < 1.29 is 24.1 Å². The predicted molar refractivity (Wildman–Crippen MR) is 148 cm³/mol. The van der Waals surface area contributed by atoms with Crippen molar-refractivity contribution in [2.75, 3.05) is 54.2 Å². The number of hydrogen-bond acceptors (Lipinski definition) is 5. The number of rotatable bonds is 10. The number of nitrogens with zero attached hydrogens (tertiary/aromatic N) is 2. The average molecular weight is 528 g/mol. The summed E-state index contributed by atoms with van der Waals surface area (Å²) in [5.41, 5.74) is 1.57. The van der Waals surface area contributed by atoms with Crippen LogP contribution < -0.4 is 10.1 Å². The standard InChI is InChI=1S/C14H22N2O.C13H18F3NO.C2H6.H2/c1-17-12-15-14-8-5-9-16(11-14)10-13-6-3-2-4-7-13;1-5-9-8(2)10(14)12(16)13(11(9)15)18-7-6-17(3)4;1-2;/h2-4,6-7,14-15H,5,8-12H2,1H3;5-7H2,1-4H3;1-2H3;1H. The first-order chi connectivity index (χ1) is 17.8. The van der Waals surface area contributed by atoms with Gasteiger partial charge in [0.15, 0.2) is 17.4 Å². The summed E-state index contributed by atoms with van der Waals surface area (Å²) >= 11 is 0. The summed E-state index contributed by atoms with van der Waals surface area (Å²) in [6.45, 7) is 11.7. The van der Waals surface area contributed by atoms with E-state index >= 15 is 0 Å². The van der Waals surface area contributed by atoms with Crippen molar-refractivity contribution in [3.05, 3.63) is 64.5 Å². The lowest BCUT2D eigenvalue weighted by Crippen LogP contribution is -2.45. The highest BCUT2D eigenvalue weighted by Crippen LogP contribution is 2.30. The smallest absolute Gasteiger partial charge is 0.203 e. The Kier molecular flexibility index (Phi) is 16.2. The van der Waals surface area contributed by atoms with Gasteiger partial charge in [-0.15, -0.1) is 0 Å². The third kappa shape index (κ3) is 11.0. The van der Waals surface area contributed by atoms with Gasteiger partial charge in [-0.2, -0.15) is 4.39 Å². The van der Waals surface area contributed by atoms with Crippen LogP contribution >= 0.6 is 0 Å². The molecule has 3 rings (SSSR count). The zero-order valence-corrected chi connectivity index (χ0v) is 23.7. The van der Waals surface area contributed by atoms with Crippen LogP contribution in [-0.2, 0) is 17.7 Å². The van der Waals surface area contributed by atoms with Crippen molar-refractivity contribution in [2.45, 2.75) is 59.5 Å². The molecule has 1 saturated heterocycles. The Morgan fingerprint density at radius 1 is 1.08 bits per heavy atom. The Bertz CT molecular complexity index is 905. The lowest BCUT2D eigenvalue weighted by Gasteiger charge is -2.33. The second-order valence-corrected chi connectivity index (χ2v) is 9.08. The molecule has 8 heteroatoms. The second kappa shape index (κ2) is 18.2. The summed E-state index contributed by atoms with van der Waals surface area (Å²) in [7, 11) is 5.35. The number of hydrogen-bond donors (Lipinski definition) is 1. The van der Waals surface area contributed by atoms with Crippen LogP contribution in [0, 0.1) is 24.4 Å². The molecule has 1 fully saturated rings. The normalized spacial score (nSPS) is 15.5. The molecule has 0 radical (unpaired) electrons. The Morgan fingerprint density at radius 3 is 2.35 bits per heavy atom. The highest BCUT2D eigenvalue weighted by molar-refractivity contribution is 5.39. The molecule has 212 valence electrons. The molecule has 5 nitrogen and oxygen atoms in total. The number of nitrogens with one attached hydrogen (secondary N) is 1. The van der Waals surface area contributed by atoms with E-state index in [-0.39, 0.29) is 19.2 Å². The maximum atomic E-state index is 14.0. The number of likely N-dealkylation sites (tertiary alicyclic amines) is 1. The highest BCUT2D eigenvalue weighted by atomic mass is 19.2. The number of benzene rings is 2. The molecule has 0 saturated carbocycles. The zero-order valence-electron chi connectivity index (χ0n) is 23.7. The van der Waals surface area contributed by atoms with Gasteiger partial charge in [0.25, 0.3) is 0 Å². The SMILES string of the molecule is CC.CCc1c(C)c(F)c(F)c(OCCN(C)C)c1F.COCNC1CCCN(Cc2ccccc2)C1.[HH]. The van der Waals surface area contributed by atoms with Gasteiger partial charge in [0.05, 0.1) is 6.73 Å². The van der Waals surface area contributed by atoms with Crippen LogP contribution in [0.25, 0.3) is 0 Å². The molecular weight excluding hydrogens is 479 g/mol. The van der Waals surface area contributed by atoms with Crippen LogP contribution in [0.4, 0.5) is 13.2 Å². The first-order valence-electron chi connectivity index (χ1n) is 13.2. The van der Waals surface area contributed by atoms with E-state index in [0.717, 1.165) is 13.1 Å². The molecular formula is C29H48F3N3O2. The summed E-state index contributed by atoms with van der Waals surface area (Å²) in [6.07, 6.45) is 2.82. The molecule has 1 heterocycles. The topological polar surface area (TPSA) is 37.0 Å². The van der Waals surface area contributed by atoms with Crippen molar-refractivity contribution in [3.63, 3.8) is 0 Å². The molecule has 1 N–H and O–H groups in total. The molecule has 2 aromatic carbocycles. The minimum absolute atomic E-state index is 0. The fourth-order valence-corrected chi connectivity index (χ4v) is 4.08. The minimum Gasteiger partial charge on any atom is -0.486 e. The summed E-state index contributed by atoms with van der Waals surface area (Å²) in [4.78, 5) is 4.33. The van der Waals surface area contributed by atoms with E-state index in [9.17, 15) is 13.2 Å². The van der Waals surface area contributed by atoms with E-state index in [0.29, 0.717) is 25.7 Å². The number of likely N-dealkylation sites (N-methyl/N-ethyl adjacent to an activating group) is 1. The largest absolute Gasteiger partial charge is 0.486 e. The van der Waals surface area contributed by atoms with Gasteiger partial charge in [0.2, 0.25) is 5.82 Å². The lowest BCUT2D eigenvalue weighted by atomic mass is 10.0. The molecule has 0 aromatic heterocycles. The van der Waals surface area contributed by atoms with Crippen LogP contribution in [0.15, 0.2) is 30.3 Å². The Balaban J connectivity index is 0.000000660. The van der Waals surface area contributed by atoms with Gasteiger partial charge in [0.1, 0.15) is 6.61 Å². The summed E-state index contributed by atoms with van der Waals surface area (Å²) in [5.74, 6) is -3.70. The van der Waals surface area contributed by atoms with Gasteiger partial charge >= 0.3 is 0 Å². The molecule has 2 aromatic rings. The zero-order chi connectivity index (χ0) is 27.8. The number of halogens is 3. The fraction of sp³-hybridized carbons (Fsp3) is 0.586. The van der Waals surface area contributed by atoms with E-state index in [1.54, 1.807) is 18.9 Å². The monoisotopic (exact) mass is 527 g/mol. The van der Waals surface area contributed by atoms with Crippen molar-refractivity contribution in [1.29, 1.82) is 0 Å². The fourth-order valence-electron chi connectivity index (χ4n) is 4.08. The van der Waals surface area contributed by atoms with Crippen LogP contribution in [0.1, 0.15) is 51.7 Å². The van der Waals surface area contributed by atoms with Gasteiger partial charge in [0, 0.05) is 34.2 Å². The van der Waals surface area contributed by atoms with Crippen molar-refractivity contribution >= 4 is 0 Å². The third-order valence-electron chi connectivity index (χ3n) is 6.05. The Morgan fingerprint density at radius 2 is 1.76 bits per heavy atom. The van der Waals surface area contributed by atoms with Crippen molar-refractivity contribution in [2.24, 2.45) is 0 Å². The summed E-state index contributed by atoms with van der Waals surface area (Å²) < 4.78 is 51.2. The minimum atomic E-state index is -1.25. The van der Waals surface area contributed by atoms with E-state index in [2.05, 4.69) is 40.5 Å². The van der Waals surface area contributed by atoms with Crippen molar-refractivity contribution in [1.82, 2.24) is 15.1 Å². The van der Waals surface area contributed by atoms with Crippen LogP contribution in [0.2, 0.25) is 0 Å². The third-order valence-corrected chi connectivity index (χ3v) is 6.05. The molecule has 1 aliphatic rings. The Hall–Kier alpha value is -2.13. The molecule has 0 bridgehead atoms. The second-order valence-electron chi connectivity index (χ2n) is 9.08. The van der Waals surface area contributed by atoms with Crippen LogP contribution in [0.3, 0.4) is 0 Å². The van der Waals surface area contributed by atoms with Gasteiger partial charge in [-0.25, -0.2) is 8.78 Å². The summed E-state index contributed by atoms with van der Waals surface area (Å²) in [5, 5.41) is 3.42.